The molecule has 26 heavy (non-hydrogen) atoms. The van der Waals surface area contributed by atoms with Gasteiger partial charge in [-0.3, -0.25) is 4.90 Å². The van der Waals surface area contributed by atoms with Crippen LogP contribution in [0.3, 0.4) is 0 Å². The van der Waals surface area contributed by atoms with Crippen molar-refractivity contribution in [3.05, 3.63) is 53.0 Å². The average molecular weight is 363 g/mol. The smallest absolute Gasteiger partial charge is 0.0907 e. The molecule has 2 heterocycles. The third-order valence-electron chi connectivity index (χ3n) is 6.40. The fourth-order valence-electron chi connectivity index (χ4n) is 4.80. The molecule has 0 N–H and O–H groups in total. The van der Waals surface area contributed by atoms with E-state index in [1.165, 1.54) is 53.6 Å². The highest BCUT2D eigenvalue weighted by molar-refractivity contribution is 7.18. The minimum absolute atomic E-state index is 0.755. The number of hydrogen-bond acceptors (Lipinski definition) is 3. The summed E-state index contributed by atoms with van der Waals surface area (Å²) >= 11 is 1.77. The van der Waals surface area contributed by atoms with Crippen LogP contribution < -0.4 is 0 Å². The second-order valence-electron chi connectivity index (χ2n) is 8.09. The molecular formula is C23H26N2S. The van der Waals surface area contributed by atoms with Gasteiger partial charge in [0.15, 0.2) is 0 Å². The summed E-state index contributed by atoms with van der Waals surface area (Å²) < 4.78 is 1.28. The second kappa shape index (κ2) is 6.47. The topological polar surface area (TPSA) is 16.1 Å². The number of thiazole rings is 1. The molecular weight excluding hydrogens is 336 g/mol. The minimum atomic E-state index is 0.755. The minimum Gasteiger partial charge on any atom is -0.298 e. The lowest BCUT2D eigenvalue weighted by molar-refractivity contribution is 0.103. The van der Waals surface area contributed by atoms with Gasteiger partial charge in [0, 0.05) is 12.1 Å². The highest BCUT2D eigenvalue weighted by Gasteiger charge is 2.37. The Morgan fingerprint density at radius 2 is 1.81 bits per heavy atom. The molecule has 1 atom stereocenters. The van der Waals surface area contributed by atoms with E-state index in [9.17, 15) is 0 Å². The highest BCUT2D eigenvalue weighted by atomic mass is 32.1. The highest BCUT2D eigenvalue weighted by Crippen LogP contribution is 2.42. The molecule has 1 aromatic heterocycles. The Hall–Kier alpha value is -1.71. The SMILES string of the molecule is Cc1nc2cc(-c3ccc([C@H]4C[C@H](N5CCC[C@H]5C)C4)cc3)ccc2s1. The molecule has 5 rings (SSSR count). The summed E-state index contributed by atoms with van der Waals surface area (Å²) in [7, 11) is 0. The lowest BCUT2D eigenvalue weighted by atomic mass is 9.74. The van der Waals surface area contributed by atoms with Crippen molar-refractivity contribution in [3.63, 3.8) is 0 Å². The van der Waals surface area contributed by atoms with E-state index < -0.39 is 0 Å². The van der Waals surface area contributed by atoms with Crippen LogP contribution in [0.5, 0.6) is 0 Å². The largest absolute Gasteiger partial charge is 0.298 e. The Kier molecular flexibility index (Phi) is 4.10. The fourth-order valence-corrected chi connectivity index (χ4v) is 5.61. The van der Waals surface area contributed by atoms with E-state index in [0.29, 0.717) is 0 Å². The van der Waals surface area contributed by atoms with Crippen LogP contribution in [0.4, 0.5) is 0 Å². The molecule has 0 bridgehead atoms. The summed E-state index contributed by atoms with van der Waals surface area (Å²) in [5, 5.41) is 1.14. The second-order valence-corrected chi connectivity index (χ2v) is 9.32. The summed E-state index contributed by atoms with van der Waals surface area (Å²) in [5.41, 5.74) is 5.20. The van der Waals surface area contributed by atoms with Gasteiger partial charge in [0.2, 0.25) is 0 Å². The van der Waals surface area contributed by atoms with Gasteiger partial charge in [0.25, 0.3) is 0 Å². The van der Waals surface area contributed by atoms with Gasteiger partial charge in [-0.1, -0.05) is 30.3 Å². The van der Waals surface area contributed by atoms with Crippen molar-refractivity contribution in [3.8, 4) is 11.1 Å². The zero-order valence-corrected chi connectivity index (χ0v) is 16.4. The van der Waals surface area contributed by atoms with Crippen molar-refractivity contribution in [1.29, 1.82) is 0 Å². The first kappa shape index (κ1) is 16.5. The van der Waals surface area contributed by atoms with Crippen molar-refractivity contribution >= 4 is 21.6 Å². The van der Waals surface area contributed by atoms with Gasteiger partial charge in [-0.25, -0.2) is 4.98 Å². The van der Waals surface area contributed by atoms with Crippen LogP contribution in [0.25, 0.3) is 21.3 Å². The maximum Gasteiger partial charge on any atom is 0.0907 e. The van der Waals surface area contributed by atoms with E-state index in [0.717, 1.165) is 28.5 Å². The number of nitrogens with zero attached hydrogens (tertiary/aromatic N) is 2. The molecule has 1 saturated heterocycles. The van der Waals surface area contributed by atoms with Crippen LogP contribution in [0.1, 0.15) is 49.1 Å². The Morgan fingerprint density at radius 1 is 1.04 bits per heavy atom. The van der Waals surface area contributed by atoms with Gasteiger partial charge < -0.3 is 0 Å². The van der Waals surface area contributed by atoms with Crippen LogP contribution in [0.2, 0.25) is 0 Å². The first-order valence-electron chi connectivity index (χ1n) is 9.90. The molecule has 3 heteroatoms. The Labute approximate surface area is 159 Å². The number of aromatic nitrogens is 1. The predicted molar refractivity (Wildman–Crippen MR) is 111 cm³/mol. The third kappa shape index (κ3) is 2.87. The molecule has 1 aliphatic carbocycles. The molecule has 134 valence electrons. The third-order valence-corrected chi connectivity index (χ3v) is 7.35. The molecule has 1 saturated carbocycles. The van der Waals surface area contributed by atoms with E-state index in [1.54, 1.807) is 11.3 Å². The summed E-state index contributed by atoms with van der Waals surface area (Å²) in [6.45, 7) is 5.79. The zero-order valence-electron chi connectivity index (χ0n) is 15.6. The quantitative estimate of drug-likeness (QED) is 0.568. The normalized spacial score (nSPS) is 26.3. The van der Waals surface area contributed by atoms with Crippen LogP contribution in [-0.2, 0) is 0 Å². The van der Waals surface area contributed by atoms with E-state index in [1.807, 2.05) is 0 Å². The van der Waals surface area contributed by atoms with Crippen molar-refractivity contribution in [2.45, 2.75) is 57.5 Å². The van der Waals surface area contributed by atoms with Gasteiger partial charge >= 0.3 is 0 Å². The molecule has 2 aromatic carbocycles. The van der Waals surface area contributed by atoms with Gasteiger partial charge in [-0.05, 0) is 80.8 Å². The van der Waals surface area contributed by atoms with Crippen molar-refractivity contribution < 1.29 is 0 Å². The van der Waals surface area contributed by atoms with Crippen LogP contribution >= 0.6 is 11.3 Å². The molecule has 2 aliphatic rings. The van der Waals surface area contributed by atoms with Crippen molar-refractivity contribution in [1.82, 2.24) is 9.88 Å². The molecule has 0 radical (unpaired) electrons. The number of likely N-dealkylation sites (tertiary alicyclic amines) is 1. The fraction of sp³-hybridized carbons (Fsp3) is 0.435. The summed E-state index contributed by atoms with van der Waals surface area (Å²) in [6, 6.07) is 17.6. The molecule has 1 aliphatic heterocycles. The monoisotopic (exact) mass is 362 g/mol. The number of aryl methyl sites for hydroxylation is 1. The van der Waals surface area contributed by atoms with Gasteiger partial charge in [0.1, 0.15) is 0 Å². The average Bonchev–Trinajstić information content (AvgIpc) is 3.18. The van der Waals surface area contributed by atoms with Gasteiger partial charge in [-0.2, -0.15) is 0 Å². The van der Waals surface area contributed by atoms with Gasteiger partial charge in [-0.15, -0.1) is 11.3 Å². The van der Waals surface area contributed by atoms with Gasteiger partial charge in [0.05, 0.1) is 15.2 Å². The first-order chi connectivity index (χ1) is 12.7. The number of hydrogen-bond donors (Lipinski definition) is 0. The maximum atomic E-state index is 4.63. The van der Waals surface area contributed by atoms with E-state index >= 15 is 0 Å². The molecule has 0 amide bonds. The Bertz CT molecular complexity index is 921. The zero-order chi connectivity index (χ0) is 17.7. The summed E-state index contributed by atoms with van der Waals surface area (Å²) in [4.78, 5) is 7.38. The summed E-state index contributed by atoms with van der Waals surface area (Å²) in [5.74, 6) is 0.755. The van der Waals surface area contributed by atoms with Crippen LogP contribution in [-0.4, -0.2) is 28.5 Å². The number of rotatable bonds is 3. The van der Waals surface area contributed by atoms with Crippen molar-refractivity contribution in [2.24, 2.45) is 0 Å². The molecule has 0 spiro atoms. The van der Waals surface area contributed by atoms with E-state index in [-0.39, 0.29) is 0 Å². The van der Waals surface area contributed by atoms with Crippen LogP contribution in [0.15, 0.2) is 42.5 Å². The molecule has 0 unspecified atom stereocenters. The maximum absolute atomic E-state index is 4.63. The lowest BCUT2D eigenvalue weighted by Gasteiger charge is -2.43. The molecule has 3 aromatic rings. The number of fused-ring (bicyclic) bond motifs is 1. The van der Waals surface area contributed by atoms with Crippen LogP contribution in [0, 0.1) is 6.92 Å². The summed E-state index contributed by atoms with van der Waals surface area (Å²) in [6.07, 6.45) is 5.46. The number of benzene rings is 2. The van der Waals surface area contributed by atoms with E-state index in [2.05, 4.69) is 66.2 Å². The lowest BCUT2D eigenvalue weighted by Crippen LogP contribution is -2.45. The van der Waals surface area contributed by atoms with E-state index in [4.69, 9.17) is 0 Å². The Balaban J connectivity index is 1.30. The predicted octanol–water partition coefficient (Wildman–Crippen LogP) is 6.00. The van der Waals surface area contributed by atoms with Crippen molar-refractivity contribution in [2.75, 3.05) is 6.54 Å². The first-order valence-corrected chi connectivity index (χ1v) is 10.7. The standard InChI is InChI=1S/C23H26N2S/c1-15-4-3-11-25(15)21-12-20(13-21)18-7-5-17(6-8-18)19-9-10-23-22(14-19)24-16(2)26-23/h5-10,14-15,20-21H,3-4,11-13H2,1-2H3/t15-,20-,21-/m1/s1. The Morgan fingerprint density at radius 3 is 2.54 bits per heavy atom. The molecule has 2 fully saturated rings. The molecule has 2 nitrogen and oxygen atoms in total.